The van der Waals surface area contributed by atoms with Crippen molar-refractivity contribution < 1.29 is 9.47 Å². The molecule has 4 rings (SSSR count). The second-order valence-corrected chi connectivity index (χ2v) is 7.45. The molecule has 1 heterocycles. The Morgan fingerprint density at radius 1 is 0.640 bits per heavy atom. The van der Waals surface area contributed by atoms with Gasteiger partial charge in [-0.1, -0.05) is 18.9 Å². The van der Waals surface area contributed by atoms with Crippen LogP contribution in [-0.4, -0.2) is 16.8 Å². The molecule has 0 radical (unpaired) electrons. The fraction of sp³-hybridized carbons (Fsp3) is 0.545. The fourth-order valence-corrected chi connectivity index (χ4v) is 4.16. The number of hydrogen-bond donors (Lipinski definition) is 0. The standard InChI is InChI=1S/C22H29NO2/c1-3-10-18(11-4-1)24-20-14-9-15-21(22(20)23-16-7-8-17-23)25-19-12-5-2-6-13-19/h7-9,14-19H,1-6,10-13H2. The van der Waals surface area contributed by atoms with Gasteiger partial charge in [0.25, 0.3) is 0 Å². The number of ether oxygens (including phenoxy) is 2. The van der Waals surface area contributed by atoms with E-state index < -0.39 is 0 Å². The number of nitrogens with zero attached hydrogens (tertiary/aromatic N) is 1. The van der Waals surface area contributed by atoms with E-state index in [9.17, 15) is 0 Å². The Labute approximate surface area is 151 Å². The second kappa shape index (κ2) is 7.99. The summed E-state index contributed by atoms with van der Waals surface area (Å²) in [6, 6.07) is 10.4. The van der Waals surface area contributed by atoms with Crippen LogP contribution < -0.4 is 9.47 Å². The molecular formula is C22H29NO2. The minimum atomic E-state index is 0.341. The van der Waals surface area contributed by atoms with Gasteiger partial charge >= 0.3 is 0 Å². The zero-order valence-electron chi connectivity index (χ0n) is 15.0. The molecule has 0 N–H and O–H groups in total. The molecule has 1 aromatic heterocycles. The zero-order chi connectivity index (χ0) is 16.9. The van der Waals surface area contributed by atoms with Crippen LogP contribution in [0.4, 0.5) is 0 Å². The molecule has 0 saturated heterocycles. The van der Waals surface area contributed by atoms with Gasteiger partial charge in [-0.15, -0.1) is 0 Å². The molecule has 3 heteroatoms. The molecule has 0 unspecified atom stereocenters. The smallest absolute Gasteiger partial charge is 0.147 e. The molecule has 0 bridgehead atoms. The molecule has 2 aliphatic rings. The molecule has 134 valence electrons. The van der Waals surface area contributed by atoms with Crippen molar-refractivity contribution in [3.8, 4) is 17.2 Å². The highest BCUT2D eigenvalue weighted by atomic mass is 16.5. The van der Waals surface area contributed by atoms with Crippen molar-refractivity contribution in [2.45, 2.75) is 76.4 Å². The summed E-state index contributed by atoms with van der Waals surface area (Å²) < 4.78 is 15.0. The summed E-state index contributed by atoms with van der Waals surface area (Å²) in [6.45, 7) is 0. The topological polar surface area (TPSA) is 23.4 Å². The molecule has 0 spiro atoms. The van der Waals surface area contributed by atoms with Gasteiger partial charge in [0.1, 0.15) is 17.2 Å². The molecule has 2 aliphatic carbocycles. The lowest BCUT2D eigenvalue weighted by Gasteiger charge is -2.27. The average molecular weight is 339 g/mol. The largest absolute Gasteiger partial charge is 0.488 e. The first-order valence-electron chi connectivity index (χ1n) is 10.00. The predicted octanol–water partition coefficient (Wildman–Crippen LogP) is 5.90. The van der Waals surface area contributed by atoms with Crippen LogP contribution in [0, 0.1) is 0 Å². The number of para-hydroxylation sites is 1. The lowest BCUT2D eigenvalue weighted by molar-refractivity contribution is 0.145. The third kappa shape index (κ3) is 4.02. The third-order valence-electron chi connectivity index (χ3n) is 5.52. The first-order chi connectivity index (χ1) is 12.4. The summed E-state index contributed by atoms with van der Waals surface area (Å²) >= 11 is 0. The van der Waals surface area contributed by atoms with Crippen molar-refractivity contribution in [2.75, 3.05) is 0 Å². The maximum absolute atomic E-state index is 6.44. The molecule has 2 saturated carbocycles. The average Bonchev–Trinajstić information content (AvgIpc) is 3.18. The predicted molar refractivity (Wildman–Crippen MR) is 101 cm³/mol. The van der Waals surface area contributed by atoms with Crippen LogP contribution in [0.3, 0.4) is 0 Å². The van der Waals surface area contributed by atoms with E-state index in [-0.39, 0.29) is 0 Å². The molecule has 1 aromatic carbocycles. The Balaban J connectivity index is 1.62. The van der Waals surface area contributed by atoms with Crippen LogP contribution >= 0.6 is 0 Å². The Morgan fingerprint density at radius 3 is 1.60 bits per heavy atom. The minimum Gasteiger partial charge on any atom is -0.488 e. The lowest BCUT2D eigenvalue weighted by atomic mass is 9.97. The summed E-state index contributed by atoms with van der Waals surface area (Å²) in [5.74, 6) is 1.91. The highest BCUT2D eigenvalue weighted by molar-refractivity contribution is 5.57. The van der Waals surface area contributed by atoms with Crippen LogP contribution in [0.5, 0.6) is 11.5 Å². The number of rotatable bonds is 5. The number of benzene rings is 1. The lowest BCUT2D eigenvalue weighted by Crippen LogP contribution is -2.22. The van der Waals surface area contributed by atoms with E-state index in [4.69, 9.17) is 9.47 Å². The van der Waals surface area contributed by atoms with Crippen molar-refractivity contribution >= 4 is 0 Å². The Hall–Kier alpha value is -1.90. The maximum atomic E-state index is 6.44. The SMILES string of the molecule is c1cc(OC2CCCCC2)c(-n2cccc2)c(OC2CCCCC2)c1. The van der Waals surface area contributed by atoms with Gasteiger partial charge in [0.05, 0.1) is 12.2 Å². The Morgan fingerprint density at radius 2 is 1.12 bits per heavy atom. The van der Waals surface area contributed by atoms with Gasteiger partial charge in [0, 0.05) is 12.4 Å². The summed E-state index contributed by atoms with van der Waals surface area (Å²) in [6.07, 6.45) is 17.3. The first-order valence-corrected chi connectivity index (χ1v) is 10.00. The van der Waals surface area contributed by atoms with E-state index in [2.05, 4.69) is 47.3 Å². The first kappa shape index (κ1) is 16.6. The molecule has 3 nitrogen and oxygen atoms in total. The zero-order valence-corrected chi connectivity index (χ0v) is 15.0. The molecule has 0 amide bonds. The van der Waals surface area contributed by atoms with Crippen molar-refractivity contribution in [2.24, 2.45) is 0 Å². The fourth-order valence-electron chi connectivity index (χ4n) is 4.16. The van der Waals surface area contributed by atoms with E-state index in [1.165, 1.54) is 64.2 Å². The van der Waals surface area contributed by atoms with Gasteiger partial charge in [-0.25, -0.2) is 0 Å². The summed E-state index contributed by atoms with van der Waals surface area (Å²) in [5, 5.41) is 0. The van der Waals surface area contributed by atoms with Gasteiger partial charge < -0.3 is 14.0 Å². The van der Waals surface area contributed by atoms with E-state index >= 15 is 0 Å². The Kier molecular flexibility index (Phi) is 5.29. The molecule has 2 fully saturated rings. The van der Waals surface area contributed by atoms with Crippen molar-refractivity contribution in [1.29, 1.82) is 0 Å². The van der Waals surface area contributed by atoms with Crippen LogP contribution in [0.25, 0.3) is 5.69 Å². The molecule has 2 aromatic rings. The monoisotopic (exact) mass is 339 g/mol. The van der Waals surface area contributed by atoms with Crippen LogP contribution in [0.15, 0.2) is 42.7 Å². The molecule has 0 aliphatic heterocycles. The minimum absolute atomic E-state index is 0.341. The van der Waals surface area contributed by atoms with Gasteiger partial charge in [0.2, 0.25) is 0 Å². The van der Waals surface area contributed by atoms with E-state index in [1.54, 1.807) is 0 Å². The van der Waals surface area contributed by atoms with Crippen molar-refractivity contribution in [3.05, 3.63) is 42.7 Å². The van der Waals surface area contributed by atoms with Gasteiger partial charge in [-0.2, -0.15) is 0 Å². The van der Waals surface area contributed by atoms with Gasteiger partial charge in [-0.3, -0.25) is 0 Å². The van der Waals surface area contributed by atoms with Gasteiger partial charge in [0.15, 0.2) is 0 Å². The van der Waals surface area contributed by atoms with Gasteiger partial charge in [-0.05, 0) is 75.6 Å². The summed E-state index contributed by atoms with van der Waals surface area (Å²) in [7, 11) is 0. The van der Waals surface area contributed by atoms with Crippen molar-refractivity contribution in [3.63, 3.8) is 0 Å². The number of aromatic nitrogens is 1. The number of hydrogen-bond acceptors (Lipinski definition) is 2. The Bertz CT molecular complexity index is 614. The quantitative estimate of drug-likeness (QED) is 0.677. The van der Waals surface area contributed by atoms with Crippen LogP contribution in [0.2, 0.25) is 0 Å². The highest BCUT2D eigenvalue weighted by Crippen LogP contribution is 2.36. The van der Waals surface area contributed by atoms with E-state index in [0.29, 0.717) is 12.2 Å². The highest BCUT2D eigenvalue weighted by Gasteiger charge is 2.22. The molecular weight excluding hydrogens is 310 g/mol. The molecule has 0 atom stereocenters. The van der Waals surface area contributed by atoms with E-state index in [1.807, 2.05) is 0 Å². The van der Waals surface area contributed by atoms with Crippen LogP contribution in [-0.2, 0) is 0 Å². The van der Waals surface area contributed by atoms with Crippen molar-refractivity contribution in [1.82, 2.24) is 4.57 Å². The third-order valence-corrected chi connectivity index (χ3v) is 5.52. The maximum Gasteiger partial charge on any atom is 0.147 e. The second-order valence-electron chi connectivity index (χ2n) is 7.45. The van der Waals surface area contributed by atoms with Crippen LogP contribution in [0.1, 0.15) is 64.2 Å². The van der Waals surface area contributed by atoms with E-state index in [0.717, 1.165) is 17.2 Å². The summed E-state index contributed by atoms with van der Waals surface area (Å²) in [5.41, 5.74) is 1.06. The molecule has 25 heavy (non-hydrogen) atoms. The summed E-state index contributed by atoms with van der Waals surface area (Å²) in [4.78, 5) is 0. The normalized spacial score (nSPS) is 19.7.